The molecule has 1 aliphatic rings. The quantitative estimate of drug-likeness (QED) is 0.308. The molecule has 3 nitrogen and oxygen atoms in total. The molecule has 3 rings (SSSR count). The van der Waals surface area contributed by atoms with Crippen LogP contribution in [0.3, 0.4) is 0 Å². The second kappa shape index (κ2) is 11.5. The van der Waals surface area contributed by atoms with Gasteiger partial charge in [0.25, 0.3) is 0 Å². The number of anilines is 1. The Labute approximate surface area is 227 Å². The molecule has 0 aromatic heterocycles. The SMILES string of the molecule is C=C[Si@]1(OCC)N(c2c(C(C)C)cccc2C(C)C)C(C)=CC(C)=[N+]1c1c(C(C)C)cccc1C(C)C. The molecule has 200 valence electrons. The molecule has 0 N–H and O–H groups in total. The highest BCUT2D eigenvalue weighted by Crippen LogP contribution is 2.45. The molecule has 0 fully saturated rings. The van der Waals surface area contributed by atoms with E-state index >= 15 is 0 Å². The smallest absolute Gasteiger partial charge is 0.343 e. The number of nitrogens with zero attached hydrogens (tertiary/aromatic N) is 2. The van der Waals surface area contributed by atoms with Crippen molar-refractivity contribution in [1.82, 2.24) is 0 Å². The first-order valence-electron chi connectivity index (χ1n) is 14.1. The molecule has 4 heteroatoms. The first kappa shape index (κ1) is 29.1. The van der Waals surface area contributed by atoms with Gasteiger partial charge in [-0.25, -0.2) is 4.24 Å². The van der Waals surface area contributed by atoms with Gasteiger partial charge in [-0.15, -0.1) is 0 Å². The van der Waals surface area contributed by atoms with Crippen molar-refractivity contribution < 1.29 is 8.67 Å². The fourth-order valence-corrected chi connectivity index (χ4v) is 9.50. The van der Waals surface area contributed by atoms with Crippen molar-refractivity contribution in [2.24, 2.45) is 0 Å². The topological polar surface area (TPSA) is 15.5 Å². The van der Waals surface area contributed by atoms with Gasteiger partial charge < -0.3 is 4.43 Å². The molecule has 37 heavy (non-hydrogen) atoms. The normalized spacial score (nSPS) is 18.5. The Kier molecular flexibility index (Phi) is 9.08. The van der Waals surface area contributed by atoms with Gasteiger partial charge in [-0.05, 0) is 48.6 Å². The maximum Gasteiger partial charge on any atom is 0.675 e. The van der Waals surface area contributed by atoms with Crippen molar-refractivity contribution >= 4 is 25.7 Å². The zero-order valence-electron chi connectivity index (χ0n) is 25.1. The predicted octanol–water partition coefficient (Wildman–Crippen LogP) is 9.41. The number of hydrogen-bond donors (Lipinski definition) is 0. The van der Waals surface area contributed by atoms with E-state index in [1.165, 1.54) is 45.0 Å². The van der Waals surface area contributed by atoms with Crippen molar-refractivity contribution in [3.63, 3.8) is 0 Å². The van der Waals surface area contributed by atoms with Gasteiger partial charge in [0.1, 0.15) is 0 Å². The van der Waals surface area contributed by atoms with Crippen LogP contribution < -0.4 is 4.57 Å². The van der Waals surface area contributed by atoms with E-state index in [1.807, 2.05) is 0 Å². The van der Waals surface area contributed by atoms with Gasteiger partial charge >= 0.3 is 8.64 Å². The fraction of sp³-hybridized carbons (Fsp3) is 0.485. The van der Waals surface area contributed by atoms with Gasteiger partial charge in [-0.1, -0.05) is 98.4 Å². The van der Waals surface area contributed by atoms with E-state index < -0.39 is 8.64 Å². The Hall–Kier alpha value is -2.43. The van der Waals surface area contributed by atoms with Crippen LogP contribution in [0.1, 0.15) is 122 Å². The third kappa shape index (κ3) is 5.15. The summed E-state index contributed by atoms with van der Waals surface area (Å²) in [5.74, 6) is 1.53. The molecule has 0 spiro atoms. The van der Waals surface area contributed by atoms with E-state index in [0.29, 0.717) is 30.3 Å². The summed E-state index contributed by atoms with van der Waals surface area (Å²) in [7, 11) is -3.01. The number of rotatable bonds is 9. The van der Waals surface area contributed by atoms with Gasteiger partial charge in [0.2, 0.25) is 0 Å². The number of para-hydroxylation sites is 2. The minimum absolute atomic E-state index is 0.384. The van der Waals surface area contributed by atoms with Crippen molar-refractivity contribution in [1.29, 1.82) is 0 Å². The average molecular weight is 518 g/mol. The second-order valence-electron chi connectivity index (χ2n) is 11.6. The minimum Gasteiger partial charge on any atom is -0.343 e. The molecule has 0 saturated carbocycles. The number of hydrogen-bond acceptors (Lipinski definition) is 2. The zero-order chi connectivity index (χ0) is 27.7. The lowest BCUT2D eigenvalue weighted by Crippen LogP contribution is -2.65. The molecule has 0 aliphatic carbocycles. The number of allylic oxidation sites excluding steroid dienone is 2. The summed E-state index contributed by atoms with van der Waals surface area (Å²) in [6, 6.07) is 13.6. The minimum atomic E-state index is -3.01. The van der Waals surface area contributed by atoms with Crippen molar-refractivity contribution in [3.8, 4) is 0 Å². The second-order valence-corrected chi connectivity index (χ2v) is 14.5. The Morgan fingerprint density at radius 2 is 1.24 bits per heavy atom. The van der Waals surface area contributed by atoms with Crippen LogP contribution in [0.2, 0.25) is 0 Å². The highest BCUT2D eigenvalue weighted by Gasteiger charge is 2.61. The molecule has 1 heterocycles. The molecule has 0 amide bonds. The monoisotopic (exact) mass is 517 g/mol. The molecule has 0 saturated heterocycles. The van der Waals surface area contributed by atoms with Crippen LogP contribution in [-0.2, 0) is 4.43 Å². The van der Waals surface area contributed by atoms with Gasteiger partial charge in [0.05, 0.1) is 0 Å². The molecule has 0 radical (unpaired) electrons. The van der Waals surface area contributed by atoms with Crippen LogP contribution in [0, 0.1) is 0 Å². The van der Waals surface area contributed by atoms with Gasteiger partial charge in [0.15, 0.2) is 11.4 Å². The Bertz CT molecular complexity index is 1150. The zero-order valence-corrected chi connectivity index (χ0v) is 26.1. The van der Waals surface area contributed by atoms with Crippen LogP contribution in [0.4, 0.5) is 11.4 Å². The summed E-state index contributed by atoms with van der Waals surface area (Å²) in [5, 5.41) is 0. The predicted molar refractivity (Wildman–Crippen MR) is 164 cm³/mol. The average Bonchev–Trinajstić information content (AvgIpc) is 2.83. The first-order valence-corrected chi connectivity index (χ1v) is 16.0. The highest BCUT2D eigenvalue weighted by atomic mass is 28.4. The fourth-order valence-electron chi connectivity index (χ4n) is 5.83. The summed E-state index contributed by atoms with van der Waals surface area (Å²) in [6.45, 7) is 30.1. The lowest BCUT2D eigenvalue weighted by Gasteiger charge is -2.42. The van der Waals surface area contributed by atoms with E-state index in [4.69, 9.17) is 4.43 Å². The van der Waals surface area contributed by atoms with Crippen molar-refractivity contribution in [2.75, 3.05) is 11.2 Å². The van der Waals surface area contributed by atoms with E-state index in [2.05, 4.69) is 140 Å². The molecule has 0 unspecified atom stereocenters. The van der Waals surface area contributed by atoms with E-state index in [0.717, 1.165) is 0 Å². The van der Waals surface area contributed by atoms with E-state index in [1.54, 1.807) is 0 Å². The van der Waals surface area contributed by atoms with Crippen molar-refractivity contribution in [2.45, 2.75) is 99.8 Å². The highest BCUT2D eigenvalue weighted by molar-refractivity contribution is 6.77. The third-order valence-corrected chi connectivity index (χ3v) is 11.2. The molecule has 2 aromatic carbocycles. The van der Waals surface area contributed by atoms with E-state index in [9.17, 15) is 0 Å². The van der Waals surface area contributed by atoms with Crippen LogP contribution >= 0.6 is 0 Å². The first-order chi connectivity index (χ1) is 17.4. The lowest BCUT2D eigenvalue weighted by molar-refractivity contribution is -0.322. The molecule has 1 atom stereocenters. The van der Waals surface area contributed by atoms with E-state index in [-0.39, 0.29) is 0 Å². The largest absolute Gasteiger partial charge is 0.675 e. The van der Waals surface area contributed by atoms with Gasteiger partial charge in [-0.2, -0.15) is 0 Å². The molecule has 0 bridgehead atoms. The van der Waals surface area contributed by atoms with Gasteiger partial charge in [-0.3, -0.25) is 4.57 Å². The lowest BCUT2D eigenvalue weighted by atomic mass is 9.92. The standard InChI is InChI=1S/C33H49N2OSi/c1-13-36-37(14-2)34(32-28(22(3)4)17-15-18-29(32)23(5)6)26(11)21-27(12)35(37)33-30(24(7)8)19-16-20-31(33)25(9)10/h14-25H,2,13H2,1,3-12H3/q+1. The van der Waals surface area contributed by atoms with Gasteiger partial charge in [0, 0.05) is 47.8 Å². The summed E-state index contributed by atoms with van der Waals surface area (Å²) in [6.07, 6.45) is 2.34. The number of benzene rings is 2. The Balaban J connectivity index is 2.54. The molecule has 2 aromatic rings. The van der Waals surface area contributed by atoms with Crippen LogP contribution in [0.25, 0.3) is 0 Å². The third-order valence-electron chi connectivity index (χ3n) is 7.52. The summed E-state index contributed by atoms with van der Waals surface area (Å²) < 4.78 is 12.2. The molecular formula is C33H49N2OSi+. The maximum atomic E-state index is 7.04. The Morgan fingerprint density at radius 1 is 0.811 bits per heavy atom. The van der Waals surface area contributed by atoms with Crippen LogP contribution in [0.15, 0.2) is 60.4 Å². The Morgan fingerprint density at radius 3 is 1.62 bits per heavy atom. The van der Waals surface area contributed by atoms with Crippen molar-refractivity contribution in [3.05, 3.63) is 82.7 Å². The maximum absolute atomic E-state index is 7.04. The summed E-state index contributed by atoms with van der Waals surface area (Å²) in [4.78, 5) is 0. The molecule has 1 aliphatic heterocycles. The van der Waals surface area contributed by atoms with Crippen LogP contribution in [-0.4, -0.2) is 25.2 Å². The summed E-state index contributed by atoms with van der Waals surface area (Å²) in [5.41, 5.74) is 12.6. The summed E-state index contributed by atoms with van der Waals surface area (Å²) >= 11 is 0. The molecular weight excluding hydrogens is 468 g/mol. The van der Waals surface area contributed by atoms with Crippen LogP contribution in [0.5, 0.6) is 0 Å².